The summed E-state index contributed by atoms with van der Waals surface area (Å²) in [5, 5.41) is 3.12. The lowest BCUT2D eigenvalue weighted by Crippen LogP contribution is -2.40. The number of amides is 1. The van der Waals surface area contributed by atoms with Gasteiger partial charge in [-0.1, -0.05) is 0 Å². The van der Waals surface area contributed by atoms with E-state index in [0.717, 1.165) is 36.4 Å². The number of likely N-dealkylation sites (tertiary alicyclic amines) is 1. The Kier molecular flexibility index (Phi) is 5.06. The average molecular weight is 330 g/mol. The highest BCUT2D eigenvalue weighted by Crippen LogP contribution is 2.27. The maximum absolute atomic E-state index is 12.6. The van der Waals surface area contributed by atoms with Gasteiger partial charge in [-0.25, -0.2) is 8.42 Å². The van der Waals surface area contributed by atoms with Crippen LogP contribution in [0.15, 0.2) is 6.07 Å². The van der Waals surface area contributed by atoms with Crippen molar-refractivity contribution < 1.29 is 13.2 Å². The molecule has 1 amide bonds. The molecule has 1 aromatic heterocycles. The zero-order valence-electron chi connectivity index (χ0n) is 12.7. The number of hydrogen-bond acceptors (Lipinski definition) is 5. The van der Waals surface area contributed by atoms with Crippen molar-refractivity contribution >= 4 is 27.1 Å². The maximum atomic E-state index is 12.6. The number of thiophene rings is 1. The van der Waals surface area contributed by atoms with E-state index in [-0.39, 0.29) is 17.7 Å². The molecule has 0 radical (unpaired) electrons. The average Bonchev–Trinajstić information content (AvgIpc) is 2.95. The predicted octanol–water partition coefficient (Wildman–Crippen LogP) is 1.43. The third-order valence-electron chi connectivity index (χ3n) is 3.73. The SMILES string of the molecule is CNC[C@@H]1CCCN1C(=O)c1cc(CS(C)(=O)=O)c(C)s1. The van der Waals surface area contributed by atoms with Crippen molar-refractivity contribution in [2.75, 3.05) is 26.4 Å². The first kappa shape index (κ1) is 16.5. The van der Waals surface area contributed by atoms with Gasteiger partial charge in [-0.05, 0) is 38.4 Å². The third-order valence-corrected chi connectivity index (χ3v) is 5.64. The summed E-state index contributed by atoms with van der Waals surface area (Å²) < 4.78 is 22.9. The summed E-state index contributed by atoms with van der Waals surface area (Å²) in [6.45, 7) is 3.45. The molecule has 1 fully saturated rings. The van der Waals surface area contributed by atoms with E-state index in [4.69, 9.17) is 0 Å². The van der Waals surface area contributed by atoms with E-state index in [1.165, 1.54) is 17.6 Å². The molecule has 118 valence electrons. The highest BCUT2D eigenvalue weighted by Gasteiger charge is 2.30. The molecule has 7 heteroatoms. The lowest BCUT2D eigenvalue weighted by Gasteiger charge is -2.23. The van der Waals surface area contributed by atoms with Crippen molar-refractivity contribution in [1.29, 1.82) is 0 Å². The molecule has 5 nitrogen and oxygen atoms in total. The van der Waals surface area contributed by atoms with Gasteiger partial charge in [0, 0.05) is 30.3 Å². The molecule has 2 rings (SSSR count). The van der Waals surface area contributed by atoms with Crippen LogP contribution >= 0.6 is 11.3 Å². The summed E-state index contributed by atoms with van der Waals surface area (Å²) in [6, 6.07) is 1.99. The molecule has 0 aromatic carbocycles. The van der Waals surface area contributed by atoms with Crippen molar-refractivity contribution in [2.24, 2.45) is 0 Å². The zero-order valence-corrected chi connectivity index (χ0v) is 14.3. The fourth-order valence-electron chi connectivity index (χ4n) is 2.74. The van der Waals surface area contributed by atoms with Crippen LogP contribution in [0, 0.1) is 6.92 Å². The molecule has 1 atom stereocenters. The van der Waals surface area contributed by atoms with E-state index in [2.05, 4.69) is 5.32 Å². The number of carbonyl (C=O) groups excluding carboxylic acids is 1. The van der Waals surface area contributed by atoms with Gasteiger partial charge in [0.15, 0.2) is 9.84 Å². The van der Waals surface area contributed by atoms with Gasteiger partial charge >= 0.3 is 0 Å². The van der Waals surface area contributed by atoms with Crippen LogP contribution in [0.5, 0.6) is 0 Å². The van der Waals surface area contributed by atoms with E-state index >= 15 is 0 Å². The quantitative estimate of drug-likeness (QED) is 0.887. The molecule has 1 aliphatic rings. The van der Waals surface area contributed by atoms with E-state index in [9.17, 15) is 13.2 Å². The normalized spacial score (nSPS) is 19.2. The number of aryl methyl sites for hydroxylation is 1. The minimum Gasteiger partial charge on any atom is -0.334 e. The van der Waals surface area contributed by atoms with Crippen molar-refractivity contribution in [3.05, 3.63) is 21.4 Å². The van der Waals surface area contributed by atoms with Gasteiger partial charge in [-0.3, -0.25) is 4.79 Å². The minimum absolute atomic E-state index is 0.00254. The van der Waals surface area contributed by atoms with Crippen molar-refractivity contribution in [3.8, 4) is 0 Å². The van der Waals surface area contributed by atoms with E-state index in [1.54, 1.807) is 6.07 Å². The summed E-state index contributed by atoms with van der Waals surface area (Å²) >= 11 is 1.39. The number of carbonyl (C=O) groups is 1. The highest BCUT2D eigenvalue weighted by atomic mass is 32.2. The fourth-order valence-corrected chi connectivity index (χ4v) is 4.70. The summed E-state index contributed by atoms with van der Waals surface area (Å²) in [4.78, 5) is 16.1. The minimum atomic E-state index is -3.08. The standard InChI is InChI=1S/C14H22N2O3S2/c1-10-11(9-21(3,18)19)7-13(20-10)14(17)16-6-4-5-12(16)8-15-2/h7,12,15H,4-6,8-9H2,1-3H3/t12-/m0/s1. The monoisotopic (exact) mass is 330 g/mol. The van der Waals surface area contributed by atoms with Crippen LogP contribution in [0.4, 0.5) is 0 Å². The second kappa shape index (κ2) is 6.46. The van der Waals surface area contributed by atoms with Crippen molar-refractivity contribution in [1.82, 2.24) is 10.2 Å². The molecule has 1 aliphatic heterocycles. The number of nitrogens with zero attached hydrogens (tertiary/aromatic N) is 1. The van der Waals surface area contributed by atoms with Crippen molar-refractivity contribution in [2.45, 2.75) is 31.6 Å². The molecule has 1 N–H and O–H groups in total. The Hall–Kier alpha value is -0.920. The van der Waals surface area contributed by atoms with E-state index in [0.29, 0.717) is 4.88 Å². The number of likely N-dealkylation sites (N-methyl/N-ethyl adjacent to an activating group) is 1. The number of nitrogens with one attached hydrogen (secondary N) is 1. The van der Waals surface area contributed by atoms with Crippen LogP contribution in [0.3, 0.4) is 0 Å². The molecule has 0 unspecified atom stereocenters. The zero-order chi connectivity index (χ0) is 15.6. The third kappa shape index (κ3) is 4.05. The van der Waals surface area contributed by atoms with Crippen LogP contribution in [-0.2, 0) is 15.6 Å². The van der Waals surface area contributed by atoms with E-state index in [1.807, 2.05) is 18.9 Å². The second-order valence-electron chi connectivity index (χ2n) is 5.61. The summed E-state index contributed by atoms with van der Waals surface area (Å²) in [6.07, 6.45) is 3.26. The summed E-state index contributed by atoms with van der Waals surface area (Å²) in [5.74, 6) is 0.0309. The molecule has 1 saturated heterocycles. The lowest BCUT2D eigenvalue weighted by molar-refractivity contribution is 0.0742. The molecule has 0 aliphatic carbocycles. The van der Waals surface area contributed by atoms with Gasteiger partial charge < -0.3 is 10.2 Å². The van der Waals surface area contributed by atoms with Gasteiger partial charge in [0.25, 0.3) is 5.91 Å². The maximum Gasteiger partial charge on any atom is 0.264 e. The fraction of sp³-hybridized carbons (Fsp3) is 0.643. The van der Waals surface area contributed by atoms with Gasteiger partial charge in [0.05, 0.1) is 10.6 Å². The Morgan fingerprint density at radius 1 is 1.52 bits per heavy atom. The molecule has 2 heterocycles. The van der Waals surface area contributed by atoms with Gasteiger partial charge in [0.2, 0.25) is 0 Å². The van der Waals surface area contributed by atoms with Crippen LogP contribution in [0.25, 0.3) is 0 Å². The van der Waals surface area contributed by atoms with Crippen LogP contribution in [0.1, 0.15) is 33.0 Å². The largest absolute Gasteiger partial charge is 0.334 e. The first-order valence-electron chi connectivity index (χ1n) is 7.04. The molecule has 0 spiro atoms. The Labute approximate surface area is 130 Å². The molecule has 0 saturated carbocycles. The van der Waals surface area contributed by atoms with Gasteiger partial charge in [-0.15, -0.1) is 11.3 Å². The topological polar surface area (TPSA) is 66.5 Å². The number of hydrogen-bond donors (Lipinski definition) is 1. The smallest absolute Gasteiger partial charge is 0.264 e. The number of sulfone groups is 1. The van der Waals surface area contributed by atoms with Crippen molar-refractivity contribution in [3.63, 3.8) is 0 Å². The molecular weight excluding hydrogens is 308 g/mol. The Balaban J connectivity index is 2.18. The van der Waals surface area contributed by atoms with Crippen LogP contribution in [0.2, 0.25) is 0 Å². The number of rotatable bonds is 5. The molecule has 21 heavy (non-hydrogen) atoms. The molecule has 1 aromatic rings. The Morgan fingerprint density at radius 2 is 2.24 bits per heavy atom. The Bertz CT molecular complexity index is 622. The van der Waals surface area contributed by atoms with E-state index < -0.39 is 9.84 Å². The molecular formula is C14H22N2O3S2. The van der Waals surface area contributed by atoms with Gasteiger partial charge in [0.1, 0.15) is 0 Å². The first-order chi connectivity index (χ1) is 9.81. The van der Waals surface area contributed by atoms with Crippen LogP contribution < -0.4 is 5.32 Å². The lowest BCUT2D eigenvalue weighted by atomic mass is 10.2. The summed E-state index contributed by atoms with van der Waals surface area (Å²) in [5.41, 5.74) is 0.746. The van der Waals surface area contributed by atoms with Crippen LogP contribution in [-0.4, -0.2) is 51.7 Å². The predicted molar refractivity (Wildman–Crippen MR) is 85.6 cm³/mol. The first-order valence-corrected chi connectivity index (χ1v) is 9.92. The Morgan fingerprint density at radius 3 is 2.86 bits per heavy atom. The summed E-state index contributed by atoms with van der Waals surface area (Å²) in [7, 11) is -1.19. The highest BCUT2D eigenvalue weighted by molar-refractivity contribution is 7.89. The second-order valence-corrected chi connectivity index (χ2v) is 9.01. The molecule has 0 bridgehead atoms. The van der Waals surface area contributed by atoms with Gasteiger partial charge in [-0.2, -0.15) is 0 Å².